The molecule has 0 saturated heterocycles. The third-order valence-electron chi connectivity index (χ3n) is 5.24. The van der Waals surface area contributed by atoms with Crippen molar-refractivity contribution < 1.29 is 18.7 Å². The highest BCUT2D eigenvalue weighted by atomic mass is 127. The van der Waals surface area contributed by atoms with Crippen molar-refractivity contribution in [2.24, 2.45) is 5.92 Å². The molecule has 1 heterocycles. The number of hydrogen-bond donors (Lipinski definition) is 1. The summed E-state index contributed by atoms with van der Waals surface area (Å²) in [4.78, 5) is 12.3. The quantitative estimate of drug-likeness (QED) is 0.263. The standard InChI is InChI=1S/C26H30INO4/c1-26(2,3)32-24(29)13-19-6-4-5-7-23(19)30-16-21-12-20-10-18(11-22(27)25(20)31-21)15-28-14-17-8-9-17/h4-7,10-12,17,28H,8-9,13-16H2,1-3H3. The van der Waals surface area contributed by atoms with Crippen LogP contribution in [0.3, 0.4) is 0 Å². The van der Waals surface area contributed by atoms with Crippen LogP contribution in [0, 0.1) is 9.49 Å². The van der Waals surface area contributed by atoms with Crippen molar-refractivity contribution in [1.29, 1.82) is 0 Å². The molecule has 170 valence electrons. The number of rotatable bonds is 9. The van der Waals surface area contributed by atoms with Crippen LogP contribution in [-0.2, 0) is 29.1 Å². The summed E-state index contributed by atoms with van der Waals surface area (Å²) in [7, 11) is 0. The number of nitrogens with one attached hydrogen (secondary N) is 1. The Labute approximate surface area is 203 Å². The summed E-state index contributed by atoms with van der Waals surface area (Å²) in [6.07, 6.45) is 2.88. The zero-order chi connectivity index (χ0) is 22.7. The van der Waals surface area contributed by atoms with Crippen LogP contribution in [0.25, 0.3) is 11.0 Å². The minimum absolute atomic E-state index is 0.169. The molecule has 6 heteroatoms. The molecule has 1 saturated carbocycles. The molecular formula is C26H30INO4. The van der Waals surface area contributed by atoms with E-state index in [4.69, 9.17) is 13.9 Å². The third-order valence-corrected chi connectivity index (χ3v) is 6.04. The fourth-order valence-electron chi connectivity index (χ4n) is 3.61. The van der Waals surface area contributed by atoms with Gasteiger partial charge in [0.1, 0.15) is 29.3 Å². The number of hydrogen-bond acceptors (Lipinski definition) is 5. The third kappa shape index (κ3) is 6.48. The predicted octanol–water partition coefficient (Wildman–Crippen LogP) is 6.00. The van der Waals surface area contributed by atoms with Crippen molar-refractivity contribution in [3.05, 3.63) is 62.9 Å². The highest BCUT2D eigenvalue weighted by Crippen LogP contribution is 2.29. The summed E-state index contributed by atoms with van der Waals surface area (Å²) in [5.41, 5.74) is 2.44. The molecule has 0 atom stereocenters. The summed E-state index contributed by atoms with van der Waals surface area (Å²) in [6.45, 7) is 7.87. The summed E-state index contributed by atoms with van der Waals surface area (Å²) in [6, 6.07) is 14.0. The van der Waals surface area contributed by atoms with Crippen LogP contribution >= 0.6 is 22.6 Å². The summed E-state index contributed by atoms with van der Waals surface area (Å²) < 4.78 is 18.7. The molecule has 0 bridgehead atoms. The molecule has 1 N–H and O–H groups in total. The Morgan fingerprint density at radius 2 is 1.97 bits per heavy atom. The van der Waals surface area contributed by atoms with E-state index < -0.39 is 5.60 Å². The van der Waals surface area contributed by atoms with E-state index in [1.807, 2.05) is 51.1 Å². The smallest absolute Gasteiger partial charge is 0.310 e. The maximum atomic E-state index is 12.3. The number of furan rings is 1. The monoisotopic (exact) mass is 547 g/mol. The van der Waals surface area contributed by atoms with Crippen LogP contribution in [0.5, 0.6) is 5.75 Å². The van der Waals surface area contributed by atoms with E-state index in [0.717, 1.165) is 44.9 Å². The largest absolute Gasteiger partial charge is 0.485 e. The van der Waals surface area contributed by atoms with Crippen molar-refractivity contribution >= 4 is 39.5 Å². The maximum Gasteiger partial charge on any atom is 0.310 e. The Bertz CT molecular complexity index is 1090. The second-order valence-corrected chi connectivity index (χ2v) is 10.6. The molecule has 0 radical (unpaired) electrons. The predicted molar refractivity (Wildman–Crippen MR) is 134 cm³/mol. The van der Waals surface area contributed by atoms with E-state index in [1.54, 1.807) is 0 Å². The number of halogens is 1. The minimum atomic E-state index is -0.509. The summed E-state index contributed by atoms with van der Waals surface area (Å²) >= 11 is 2.33. The van der Waals surface area contributed by atoms with Crippen LogP contribution in [0.15, 0.2) is 46.9 Å². The second kappa shape index (κ2) is 9.83. The zero-order valence-corrected chi connectivity index (χ0v) is 21.0. The van der Waals surface area contributed by atoms with E-state index in [2.05, 4.69) is 40.0 Å². The van der Waals surface area contributed by atoms with E-state index in [1.165, 1.54) is 18.4 Å². The van der Waals surface area contributed by atoms with Crippen molar-refractivity contribution in [3.8, 4) is 5.75 Å². The second-order valence-electron chi connectivity index (χ2n) is 9.44. The lowest BCUT2D eigenvalue weighted by atomic mass is 10.1. The highest BCUT2D eigenvalue weighted by Gasteiger charge is 2.20. The van der Waals surface area contributed by atoms with Gasteiger partial charge in [0.15, 0.2) is 0 Å². The van der Waals surface area contributed by atoms with Gasteiger partial charge in [-0.25, -0.2) is 0 Å². The Balaban J connectivity index is 1.41. The molecule has 1 fully saturated rings. The molecule has 0 spiro atoms. The first-order chi connectivity index (χ1) is 15.3. The fourth-order valence-corrected chi connectivity index (χ4v) is 4.43. The first-order valence-electron chi connectivity index (χ1n) is 11.1. The lowest BCUT2D eigenvalue weighted by Gasteiger charge is -2.20. The summed E-state index contributed by atoms with van der Waals surface area (Å²) in [5, 5.41) is 4.63. The van der Waals surface area contributed by atoms with Crippen LogP contribution in [0.2, 0.25) is 0 Å². The maximum absolute atomic E-state index is 12.3. The average molecular weight is 547 g/mol. The molecule has 3 aromatic rings. The summed E-state index contributed by atoms with van der Waals surface area (Å²) in [5.74, 6) is 2.02. The van der Waals surface area contributed by atoms with Gasteiger partial charge in [0.2, 0.25) is 0 Å². The van der Waals surface area contributed by atoms with Gasteiger partial charge < -0.3 is 19.2 Å². The highest BCUT2D eigenvalue weighted by molar-refractivity contribution is 14.1. The molecule has 1 aliphatic rings. The number of carbonyl (C=O) groups excluding carboxylic acids is 1. The topological polar surface area (TPSA) is 60.7 Å². The van der Waals surface area contributed by atoms with Gasteiger partial charge in [-0.1, -0.05) is 18.2 Å². The Hall–Kier alpha value is -2.06. The van der Waals surface area contributed by atoms with Crippen LogP contribution < -0.4 is 10.1 Å². The van der Waals surface area contributed by atoms with Crippen molar-refractivity contribution in [2.75, 3.05) is 6.54 Å². The molecule has 5 nitrogen and oxygen atoms in total. The van der Waals surface area contributed by atoms with Gasteiger partial charge in [0, 0.05) is 17.5 Å². The van der Waals surface area contributed by atoms with Crippen LogP contribution in [0.4, 0.5) is 0 Å². The molecule has 32 heavy (non-hydrogen) atoms. The Kier molecular flexibility index (Phi) is 7.10. The van der Waals surface area contributed by atoms with E-state index in [0.29, 0.717) is 12.4 Å². The van der Waals surface area contributed by atoms with E-state index >= 15 is 0 Å². The molecule has 0 unspecified atom stereocenters. The average Bonchev–Trinajstić information content (AvgIpc) is 3.43. The molecule has 1 aromatic heterocycles. The lowest BCUT2D eigenvalue weighted by molar-refractivity contribution is -0.153. The molecule has 0 aliphatic heterocycles. The van der Waals surface area contributed by atoms with Gasteiger partial charge in [-0.3, -0.25) is 4.79 Å². The first kappa shape index (κ1) is 23.1. The Morgan fingerprint density at radius 1 is 1.19 bits per heavy atom. The van der Waals surface area contributed by atoms with Gasteiger partial charge in [-0.2, -0.15) is 0 Å². The Morgan fingerprint density at radius 3 is 2.72 bits per heavy atom. The van der Waals surface area contributed by atoms with Gasteiger partial charge in [-0.15, -0.1) is 0 Å². The molecular weight excluding hydrogens is 517 g/mol. The van der Waals surface area contributed by atoms with Gasteiger partial charge in [-0.05, 0) is 98.5 Å². The molecule has 0 amide bonds. The van der Waals surface area contributed by atoms with Crippen LogP contribution in [-0.4, -0.2) is 18.1 Å². The number of carbonyl (C=O) groups is 1. The van der Waals surface area contributed by atoms with Crippen molar-refractivity contribution in [2.45, 2.75) is 58.8 Å². The first-order valence-corrected chi connectivity index (χ1v) is 12.2. The zero-order valence-electron chi connectivity index (χ0n) is 18.9. The minimum Gasteiger partial charge on any atom is -0.485 e. The number of esters is 1. The van der Waals surface area contributed by atoms with Crippen molar-refractivity contribution in [3.63, 3.8) is 0 Å². The normalized spacial score (nSPS) is 14.0. The molecule has 2 aromatic carbocycles. The lowest BCUT2D eigenvalue weighted by Crippen LogP contribution is -2.25. The van der Waals surface area contributed by atoms with E-state index in [9.17, 15) is 4.79 Å². The number of para-hydroxylation sites is 1. The van der Waals surface area contributed by atoms with Gasteiger partial charge in [0.05, 0.1) is 9.99 Å². The van der Waals surface area contributed by atoms with Crippen molar-refractivity contribution in [1.82, 2.24) is 5.32 Å². The SMILES string of the molecule is CC(C)(C)OC(=O)Cc1ccccc1OCc1cc2cc(CNCC3CC3)cc(I)c2o1. The van der Waals surface area contributed by atoms with E-state index in [-0.39, 0.29) is 12.4 Å². The van der Waals surface area contributed by atoms with Crippen LogP contribution in [0.1, 0.15) is 50.5 Å². The van der Waals surface area contributed by atoms with Gasteiger partial charge >= 0.3 is 5.97 Å². The number of fused-ring (bicyclic) bond motifs is 1. The fraction of sp³-hybridized carbons (Fsp3) is 0.423. The number of ether oxygens (including phenoxy) is 2. The molecule has 4 rings (SSSR count). The van der Waals surface area contributed by atoms with Gasteiger partial charge in [0.25, 0.3) is 0 Å². The number of benzene rings is 2. The molecule has 1 aliphatic carbocycles.